The van der Waals surface area contributed by atoms with Crippen LogP contribution < -0.4 is 10.2 Å². The smallest absolute Gasteiger partial charge is 0.275 e. The summed E-state index contributed by atoms with van der Waals surface area (Å²) in [4.78, 5) is 33.7. The molecule has 1 N–H and O–H groups in total. The number of hydrogen-bond donors (Lipinski definition) is 1. The number of piperidine rings is 1. The number of ether oxygens (including phenoxy) is 1. The summed E-state index contributed by atoms with van der Waals surface area (Å²) >= 11 is 4.69. The minimum atomic E-state index is -0.229. The van der Waals surface area contributed by atoms with Crippen molar-refractivity contribution < 1.29 is 14.3 Å². The largest absolute Gasteiger partial charge is 0.378 e. The molecule has 7 nitrogen and oxygen atoms in total. The summed E-state index contributed by atoms with van der Waals surface area (Å²) in [6, 6.07) is 5.89. The molecule has 160 valence electrons. The third-order valence-corrected chi connectivity index (χ3v) is 6.80. The van der Waals surface area contributed by atoms with Crippen LogP contribution in [0.4, 0.5) is 11.4 Å². The first kappa shape index (κ1) is 21.3. The molecule has 0 spiro atoms. The van der Waals surface area contributed by atoms with Gasteiger partial charge in [-0.05, 0) is 52.9 Å². The lowest BCUT2D eigenvalue weighted by atomic mass is 10.1. The average Bonchev–Trinajstić information content (AvgIpc) is 3.22. The zero-order valence-corrected chi connectivity index (χ0v) is 19.1. The number of hydrogen-bond acceptors (Lipinski definition) is 6. The number of rotatable bonds is 5. The Kier molecular flexibility index (Phi) is 7.01. The molecule has 2 saturated heterocycles. The van der Waals surface area contributed by atoms with Gasteiger partial charge in [0.25, 0.3) is 5.91 Å². The zero-order valence-electron chi connectivity index (χ0n) is 16.7. The molecular formula is C21H25BrN4O3S. The van der Waals surface area contributed by atoms with Gasteiger partial charge in [-0.3, -0.25) is 9.59 Å². The molecule has 0 saturated carbocycles. The fraction of sp³-hybridized carbons (Fsp3) is 0.476. The monoisotopic (exact) mass is 492 g/mol. The van der Waals surface area contributed by atoms with E-state index in [-0.39, 0.29) is 11.8 Å². The maximum atomic E-state index is 12.7. The third kappa shape index (κ3) is 5.19. The molecule has 0 unspecified atom stereocenters. The second kappa shape index (κ2) is 9.89. The number of halogens is 1. The number of aromatic nitrogens is 1. The summed E-state index contributed by atoms with van der Waals surface area (Å²) in [6.07, 6.45) is 3.83. The van der Waals surface area contributed by atoms with E-state index in [0.29, 0.717) is 42.3 Å². The SMILES string of the molecule is O=C(Nc1ccc(CC(=O)N2CCOCC2)cc1N1CCCCC1)c1csc(Br)n1. The van der Waals surface area contributed by atoms with E-state index in [1.807, 2.05) is 17.0 Å². The van der Waals surface area contributed by atoms with E-state index in [0.717, 1.165) is 42.9 Å². The van der Waals surface area contributed by atoms with Crippen LogP contribution in [0.1, 0.15) is 35.3 Å². The van der Waals surface area contributed by atoms with E-state index in [4.69, 9.17) is 4.74 Å². The van der Waals surface area contributed by atoms with Crippen LogP contribution in [-0.2, 0) is 16.0 Å². The summed E-state index contributed by atoms with van der Waals surface area (Å²) < 4.78 is 6.02. The molecule has 2 amide bonds. The predicted octanol–water partition coefficient (Wildman–Crippen LogP) is 3.55. The van der Waals surface area contributed by atoms with Crippen LogP contribution in [0.25, 0.3) is 0 Å². The quantitative estimate of drug-likeness (QED) is 0.690. The zero-order chi connectivity index (χ0) is 20.9. The molecule has 2 fully saturated rings. The fourth-order valence-electron chi connectivity index (χ4n) is 3.83. The molecule has 0 bridgehead atoms. The number of nitrogens with zero attached hydrogens (tertiary/aromatic N) is 3. The average molecular weight is 493 g/mol. The molecule has 3 heterocycles. The lowest BCUT2D eigenvalue weighted by Crippen LogP contribution is -2.41. The number of benzene rings is 1. The van der Waals surface area contributed by atoms with Gasteiger partial charge in [-0.25, -0.2) is 4.98 Å². The normalized spacial score (nSPS) is 17.1. The minimum Gasteiger partial charge on any atom is -0.378 e. The summed E-state index contributed by atoms with van der Waals surface area (Å²) in [5.41, 5.74) is 3.09. The second-order valence-electron chi connectivity index (χ2n) is 7.51. The molecule has 2 aromatic rings. The molecule has 0 radical (unpaired) electrons. The number of carbonyl (C=O) groups excluding carboxylic acids is 2. The number of nitrogens with one attached hydrogen (secondary N) is 1. The highest BCUT2D eigenvalue weighted by molar-refractivity contribution is 9.11. The molecule has 0 aliphatic carbocycles. The van der Waals surface area contributed by atoms with Crippen molar-refractivity contribution in [2.75, 3.05) is 49.6 Å². The Morgan fingerprint density at radius 3 is 2.60 bits per heavy atom. The minimum absolute atomic E-state index is 0.118. The van der Waals surface area contributed by atoms with Gasteiger partial charge in [0.05, 0.1) is 31.0 Å². The van der Waals surface area contributed by atoms with Crippen molar-refractivity contribution >= 4 is 50.5 Å². The number of carbonyl (C=O) groups is 2. The van der Waals surface area contributed by atoms with E-state index in [2.05, 4.69) is 37.2 Å². The molecule has 1 aromatic heterocycles. The molecule has 4 rings (SSSR count). The molecule has 9 heteroatoms. The first-order valence-electron chi connectivity index (χ1n) is 10.3. The van der Waals surface area contributed by atoms with Gasteiger partial charge in [0.1, 0.15) is 5.69 Å². The number of morpholine rings is 1. The highest BCUT2D eigenvalue weighted by Crippen LogP contribution is 2.31. The molecule has 2 aliphatic heterocycles. The Morgan fingerprint density at radius 2 is 1.90 bits per heavy atom. The van der Waals surface area contributed by atoms with Crippen molar-refractivity contribution in [3.05, 3.63) is 38.8 Å². The van der Waals surface area contributed by atoms with E-state index in [1.54, 1.807) is 5.38 Å². The highest BCUT2D eigenvalue weighted by atomic mass is 79.9. The highest BCUT2D eigenvalue weighted by Gasteiger charge is 2.21. The van der Waals surface area contributed by atoms with Gasteiger partial charge in [-0.15, -0.1) is 11.3 Å². The van der Waals surface area contributed by atoms with E-state index >= 15 is 0 Å². The Bertz CT molecular complexity index is 907. The van der Waals surface area contributed by atoms with Crippen LogP contribution in [-0.4, -0.2) is 61.1 Å². The second-order valence-corrected chi connectivity index (χ2v) is 9.64. The van der Waals surface area contributed by atoms with Crippen LogP contribution in [0.2, 0.25) is 0 Å². The first-order chi connectivity index (χ1) is 14.6. The van der Waals surface area contributed by atoms with Crippen LogP contribution in [0.15, 0.2) is 27.5 Å². The molecule has 1 aromatic carbocycles. The topological polar surface area (TPSA) is 74.8 Å². The van der Waals surface area contributed by atoms with E-state index in [9.17, 15) is 9.59 Å². The maximum absolute atomic E-state index is 12.7. The van der Waals surface area contributed by atoms with Crippen LogP contribution in [0.3, 0.4) is 0 Å². The Hall–Kier alpha value is -1.97. The summed E-state index contributed by atoms with van der Waals surface area (Å²) in [5.74, 6) is -0.112. The number of thiazole rings is 1. The maximum Gasteiger partial charge on any atom is 0.275 e. The molecule has 2 aliphatic rings. The van der Waals surface area contributed by atoms with Crippen molar-refractivity contribution in [1.29, 1.82) is 0 Å². The van der Waals surface area contributed by atoms with Crippen molar-refractivity contribution in [2.45, 2.75) is 25.7 Å². The summed E-state index contributed by atoms with van der Waals surface area (Å²) in [6.45, 7) is 4.40. The lowest BCUT2D eigenvalue weighted by Gasteiger charge is -2.31. The van der Waals surface area contributed by atoms with Crippen LogP contribution >= 0.6 is 27.3 Å². The van der Waals surface area contributed by atoms with Gasteiger partial charge >= 0.3 is 0 Å². The Labute approximate surface area is 188 Å². The van der Waals surface area contributed by atoms with Gasteiger partial charge in [-0.1, -0.05) is 6.07 Å². The van der Waals surface area contributed by atoms with Gasteiger partial charge in [0.2, 0.25) is 5.91 Å². The van der Waals surface area contributed by atoms with Gasteiger partial charge in [-0.2, -0.15) is 0 Å². The molecular weight excluding hydrogens is 468 g/mol. The predicted molar refractivity (Wildman–Crippen MR) is 121 cm³/mol. The first-order valence-corrected chi connectivity index (χ1v) is 11.9. The number of anilines is 2. The fourth-order valence-corrected chi connectivity index (χ4v) is 4.82. The van der Waals surface area contributed by atoms with Gasteiger partial charge < -0.3 is 19.9 Å². The van der Waals surface area contributed by atoms with Crippen molar-refractivity contribution in [3.8, 4) is 0 Å². The van der Waals surface area contributed by atoms with Gasteiger partial charge in [0.15, 0.2) is 3.92 Å². The van der Waals surface area contributed by atoms with Crippen molar-refractivity contribution in [1.82, 2.24) is 9.88 Å². The van der Waals surface area contributed by atoms with E-state index < -0.39 is 0 Å². The molecule has 0 atom stereocenters. The Morgan fingerprint density at radius 1 is 1.13 bits per heavy atom. The third-order valence-electron chi connectivity index (χ3n) is 5.44. The standard InChI is InChI=1S/C21H25BrN4O3S/c22-21-24-17(14-30-21)20(28)23-16-5-4-15(12-18(16)25-6-2-1-3-7-25)13-19(27)26-8-10-29-11-9-26/h4-5,12,14H,1-3,6-11,13H2,(H,23,28). The van der Waals surface area contributed by atoms with Crippen molar-refractivity contribution in [3.63, 3.8) is 0 Å². The van der Waals surface area contributed by atoms with Gasteiger partial charge in [0, 0.05) is 31.6 Å². The summed E-state index contributed by atoms with van der Waals surface area (Å²) in [5, 5.41) is 4.74. The number of amides is 2. The van der Waals surface area contributed by atoms with E-state index in [1.165, 1.54) is 17.8 Å². The summed E-state index contributed by atoms with van der Waals surface area (Å²) in [7, 11) is 0. The lowest BCUT2D eigenvalue weighted by molar-refractivity contribution is -0.134. The van der Waals surface area contributed by atoms with Crippen molar-refractivity contribution in [2.24, 2.45) is 0 Å². The Balaban J connectivity index is 1.54. The molecule has 30 heavy (non-hydrogen) atoms. The van der Waals surface area contributed by atoms with Crippen LogP contribution in [0.5, 0.6) is 0 Å². The van der Waals surface area contributed by atoms with Crippen LogP contribution in [0, 0.1) is 0 Å².